The average molecular weight is 264 g/mol. The van der Waals surface area contributed by atoms with E-state index in [1.807, 2.05) is 17.9 Å². The van der Waals surface area contributed by atoms with Crippen LogP contribution >= 0.6 is 0 Å². The van der Waals surface area contributed by atoms with Crippen LogP contribution in [0.2, 0.25) is 0 Å². The van der Waals surface area contributed by atoms with Gasteiger partial charge in [0.25, 0.3) is 5.69 Å². The van der Waals surface area contributed by atoms with Gasteiger partial charge in [0, 0.05) is 43.1 Å². The number of amides is 1. The lowest BCUT2D eigenvalue weighted by atomic mass is 10.2. The zero-order chi connectivity index (χ0) is 13.8. The Hall–Kier alpha value is -2.31. The summed E-state index contributed by atoms with van der Waals surface area (Å²) in [5.41, 5.74) is 1.41. The molecule has 0 saturated carbocycles. The molecule has 0 bridgehead atoms. The first kappa shape index (κ1) is 13.1. The van der Waals surface area contributed by atoms with Gasteiger partial charge in [0.05, 0.1) is 11.5 Å². The van der Waals surface area contributed by atoms with Crippen molar-refractivity contribution in [1.29, 1.82) is 0 Å². The van der Waals surface area contributed by atoms with E-state index in [0.29, 0.717) is 31.0 Å². The van der Waals surface area contributed by atoms with Crippen molar-refractivity contribution in [3.05, 3.63) is 28.3 Å². The highest BCUT2D eigenvalue weighted by atomic mass is 16.6. The topological polar surface area (TPSA) is 87.5 Å². The van der Waals surface area contributed by atoms with E-state index in [9.17, 15) is 14.9 Å². The lowest BCUT2D eigenvalue weighted by molar-refractivity contribution is -0.384. The fourth-order valence-corrected chi connectivity index (χ4v) is 2.05. The van der Waals surface area contributed by atoms with Crippen LogP contribution in [0.5, 0.6) is 0 Å². The number of rotatable bonds is 4. The summed E-state index contributed by atoms with van der Waals surface area (Å²) >= 11 is 0. The van der Waals surface area contributed by atoms with E-state index in [4.69, 9.17) is 0 Å². The number of anilines is 2. The van der Waals surface area contributed by atoms with Gasteiger partial charge in [-0.25, -0.2) is 0 Å². The van der Waals surface area contributed by atoms with Crippen molar-refractivity contribution in [3.63, 3.8) is 0 Å². The van der Waals surface area contributed by atoms with Crippen molar-refractivity contribution < 1.29 is 9.72 Å². The predicted octanol–water partition coefficient (Wildman–Crippen LogP) is 0.963. The molecule has 0 aromatic heterocycles. The third-order valence-corrected chi connectivity index (χ3v) is 2.90. The Balaban J connectivity index is 2.32. The predicted molar refractivity (Wildman–Crippen MR) is 72.5 cm³/mol. The number of nitrogens with one attached hydrogen (secondary N) is 2. The van der Waals surface area contributed by atoms with Crippen molar-refractivity contribution in [2.45, 2.75) is 6.92 Å². The molecule has 1 amide bonds. The molecule has 2 N–H and O–H groups in total. The minimum absolute atomic E-state index is 0.0273. The molecular formula is C12H16N4O3. The van der Waals surface area contributed by atoms with Gasteiger partial charge >= 0.3 is 0 Å². The minimum atomic E-state index is -0.422. The Bertz CT molecular complexity index is 504. The maximum atomic E-state index is 11.4. The molecule has 1 aromatic rings. The van der Waals surface area contributed by atoms with E-state index in [1.54, 1.807) is 0 Å². The zero-order valence-electron chi connectivity index (χ0n) is 10.7. The molecule has 0 radical (unpaired) electrons. The second-order valence-electron chi connectivity index (χ2n) is 4.30. The standard InChI is InChI=1S/C12H16N4O3/c1-2-13-9-5-10(7-11(6-9)16(18)19)15-4-3-14-12(17)8-15/h5-7,13H,2-4,8H2,1H3,(H,14,17). The van der Waals surface area contributed by atoms with Crippen molar-refractivity contribution in [2.24, 2.45) is 0 Å². The second kappa shape index (κ2) is 5.55. The van der Waals surface area contributed by atoms with Crippen LogP contribution in [0, 0.1) is 10.1 Å². The summed E-state index contributed by atoms with van der Waals surface area (Å²) < 4.78 is 0. The molecule has 0 aliphatic carbocycles. The van der Waals surface area contributed by atoms with E-state index in [2.05, 4.69) is 10.6 Å². The summed E-state index contributed by atoms with van der Waals surface area (Å²) in [6.45, 7) is 4.04. The van der Waals surface area contributed by atoms with Crippen LogP contribution in [0.3, 0.4) is 0 Å². The molecular weight excluding hydrogens is 248 g/mol. The largest absolute Gasteiger partial charge is 0.385 e. The third kappa shape index (κ3) is 3.12. The molecule has 7 heteroatoms. The summed E-state index contributed by atoms with van der Waals surface area (Å²) in [5.74, 6) is -0.0669. The van der Waals surface area contributed by atoms with Gasteiger partial charge in [-0.1, -0.05) is 0 Å². The first-order valence-corrected chi connectivity index (χ1v) is 6.15. The van der Waals surface area contributed by atoms with Crippen LogP contribution in [0.1, 0.15) is 6.92 Å². The van der Waals surface area contributed by atoms with Gasteiger partial charge in [-0.2, -0.15) is 0 Å². The van der Waals surface area contributed by atoms with E-state index in [1.165, 1.54) is 12.1 Å². The molecule has 1 aliphatic rings. The van der Waals surface area contributed by atoms with Crippen LogP contribution in [0.4, 0.5) is 17.1 Å². The number of benzene rings is 1. The molecule has 19 heavy (non-hydrogen) atoms. The van der Waals surface area contributed by atoms with Gasteiger partial charge < -0.3 is 15.5 Å². The van der Waals surface area contributed by atoms with Crippen LogP contribution in [-0.4, -0.2) is 37.0 Å². The van der Waals surface area contributed by atoms with Gasteiger partial charge in [0.1, 0.15) is 0 Å². The number of nitro benzene ring substituents is 1. The Labute approximate surface area is 110 Å². The molecule has 0 atom stereocenters. The van der Waals surface area contributed by atoms with E-state index in [-0.39, 0.29) is 18.1 Å². The second-order valence-corrected chi connectivity index (χ2v) is 4.30. The summed E-state index contributed by atoms with van der Waals surface area (Å²) in [7, 11) is 0. The molecule has 0 unspecified atom stereocenters. The minimum Gasteiger partial charge on any atom is -0.385 e. The molecule has 1 saturated heterocycles. The number of piperazine rings is 1. The quantitative estimate of drug-likeness (QED) is 0.625. The zero-order valence-corrected chi connectivity index (χ0v) is 10.7. The van der Waals surface area contributed by atoms with Crippen LogP contribution < -0.4 is 15.5 Å². The molecule has 7 nitrogen and oxygen atoms in total. The Kier molecular flexibility index (Phi) is 3.84. The average Bonchev–Trinajstić information content (AvgIpc) is 2.38. The lowest BCUT2D eigenvalue weighted by Crippen LogP contribution is -2.47. The van der Waals surface area contributed by atoms with Gasteiger partial charge in [-0.15, -0.1) is 0 Å². The van der Waals surface area contributed by atoms with Crippen molar-refractivity contribution in [3.8, 4) is 0 Å². The van der Waals surface area contributed by atoms with Crippen molar-refractivity contribution in [1.82, 2.24) is 5.32 Å². The first-order valence-electron chi connectivity index (χ1n) is 6.15. The molecule has 2 rings (SSSR count). The molecule has 1 fully saturated rings. The molecule has 1 aromatic carbocycles. The highest BCUT2D eigenvalue weighted by molar-refractivity contribution is 5.83. The van der Waals surface area contributed by atoms with Gasteiger partial charge in [0.15, 0.2) is 0 Å². The van der Waals surface area contributed by atoms with E-state index in [0.717, 1.165) is 0 Å². The van der Waals surface area contributed by atoms with E-state index < -0.39 is 4.92 Å². The summed E-state index contributed by atoms with van der Waals surface area (Å²) in [6.07, 6.45) is 0. The number of nitrogens with zero attached hydrogens (tertiary/aromatic N) is 2. The summed E-state index contributed by atoms with van der Waals surface area (Å²) in [6, 6.07) is 4.82. The SMILES string of the molecule is CCNc1cc(N2CCNC(=O)C2)cc([N+](=O)[O-])c1. The fourth-order valence-electron chi connectivity index (χ4n) is 2.05. The van der Waals surface area contributed by atoms with Gasteiger partial charge in [-0.05, 0) is 13.0 Å². The molecule has 1 heterocycles. The van der Waals surface area contributed by atoms with Gasteiger partial charge in [-0.3, -0.25) is 14.9 Å². The van der Waals surface area contributed by atoms with Crippen LogP contribution in [0.25, 0.3) is 0 Å². The summed E-state index contributed by atoms with van der Waals surface area (Å²) in [5, 5.41) is 16.7. The smallest absolute Gasteiger partial charge is 0.273 e. The maximum absolute atomic E-state index is 11.4. The number of nitro groups is 1. The molecule has 102 valence electrons. The number of hydrogen-bond donors (Lipinski definition) is 2. The normalized spacial score (nSPS) is 15.0. The Morgan fingerprint density at radius 1 is 1.47 bits per heavy atom. The molecule has 0 spiro atoms. The van der Waals surface area contributed by atoms with E-state index >= 15 is 0 Å². The Morgan fingerprint density at radius 3 is 2.89 bits per heavy atom. The number of hydrogen-bond acceptors (Lipinski definition) is 5. The number of non-ortho nitro benzene ring substituents is 1. The van der Waals surface area contributed by atoms with Crippen LogP contribution in [0.15, 0.2) is 18.2 Å². The Morgan fingerprint density at radius 2 is 2.26 bits per heavy atom. The maximum Gasteiger partial charge on any atom is 0.273 e. The number of carbonyl (C=O) groups is 1. The van der Waals surface area contributed by atoms with Crippen molar-refractivity contribution in [2.75, 3.05) is 36.4 Å². The monoisotopic (exact) mass is 264 g/mol. The third-order valence-electron chi connectivity index (χ3n) is 2.90. The fraction of sp³-hybridized carbons (Fsp3) is 0.417. The highest BCUT2D eigenvalue weighted by Gasteiger charge is 2.19. The van der Waals surface area contributed by atoms with Gasteiger partial charge in [0.2, 0.25) is 5.91 Å². The van der Waals surface area contributed by atoms with Crippen molar-refractivity contribution >= 4 is 23.0 Å². The summed E-state index contributed by atoms with van der Waals surface area (Å²) in [4.78, 5) is 23.7. The number of carbonyl (C=O) groups excluding carboxylic acids is 1. The van der Waals surface area contributed by atoms with Crippen LogP contribution in [-0.2, 0) is 4.79 Å². The lowest BCUT2D eigenvalue weighted by Gasteiger charge is -2.28. The first-order chi connectivity index (χ1) is 9.10. The highest BCUT2D eigenvalue weighted by Crippen LogP contribution is 2.27. The molecule has 1 aliphatic heterocycles.